The molecule has 0 bridgehead atoms. The Morgan fingerprint density at radius 2 is 1.88 bits per heavy atom. The molecule has 0 spiro atoms. The maximum Gasteiger partial charge on any atom is 0.0591 e. The summed E-state index contributed by atoms with van der Waals surface area (Å²) in [6, 6.07) is 8.90. The van der Waals surface area contributed by atoms with E-state index in [-0.39, 0.29) is 0 Å². The van der Waals surface area contributed by atoms with Crippen molar-refractivity contribution in [3.05, 3.63) is 35.4 Å². The second-order valence-electron chi connectivity index (χ2n) is 5.00. The number of nitrogens with one attached hydrogen (secondary N) is 1. The van der Waals surface area contributed by atoms with E-state index in [4.69, 9.17) is 4.74 Å². The Morgan fingerprint density at radius 3 is 2.53 bits per heavy atom. The van der Waals surface area contributed by atoms with Crippen LogP contribution in [0, 0.1) is 12.8 Å². The molecule has 1 aromatic carbocycles. The number of hydrogen-bond donors (Lipinski definition) is 1. The summed E-state index contributed by atoms with van der Waals surface area (Å²) in [5, 5.41) is 3.49. The Kier molecular flexibility index (Phi) is 6.23. The minimum Gasteiger partial charge on any atom is -0.380 e. The van der Waals surface area contributed by atoms with Crippen molar-refractivity contribution in [2.45, 2.75) is 33.7 Å². The molecule has 2 heteroatoms. The average molecular weight is 235 g/mol. The largest absolute Gasteiger partial charge is 0.380 e. The summed E-state index contributed by atoms with van der Waals surface area (Å²) < 4.78 is 5.55. The molecule has 17 heavy (non-hydrogen) atoms. The molecule has 2 nitrogen and oxygen atoms in total. The van der Waals surface area contributed by atoms with E-state index in [2.05, 4.69) is 57.3 Å². The molecular formula is C15H25NO. The lowest BCUT2D eigenvalue weighted by Gasteiger charge is -2.16. The van der Waals surface area contributed by atoms with Gasteiger partial charge in [-0.2, -0.15) is 0 Å². The van der Waals surface area contributed by atoms with Gasteiger partial charge in [0.15, 0.2) is 0 Å². The maximum absolute atomic E-state index is 5.55. The first kappa shape index (κ1) is 14.2. The number of ether oxygens (including phenoxy) is 1. The van der Waals surface area contributed by atoms with Crippen LogP contribution in [0.4, 0.5) is 0 Å². The molecule has 1 atom stereocenters. The third kappa shape index (κ3) is 5.33. The van der Waals surface area contributed by atoms with Crippen LogP contribution >= 0.6 is 0 Å². The van der Waals surface area contributed by atoms with Crippen LogP contribution in [0.15, 0.2) is 24.3 Å². The van der Waals surface area contributed by atoms with Crippen LogP contribution in [-0.4, -0.2) is 19.8 Å². The predicted octanol–water partition coefficient (Wildman–Crippen LogP) is 3.32. The molecule has 0 aliphatic rings. The van der Waals surface area contributed by atoms with Gasteiger partial charge in [0.2, 0.25) is 0 Å². The van der Waals surface area contributed by atoms with Gasteiger partial charge in [-0.1, -0.05) is 38.1 Å². The van der Waals surface area contributed by atoms with Gasteiger partial charge in [-0.15, -0.1) is 0 Å². The number of hydrogen-bond acceptors (Lipinski definition) is 2. The fraction of sp³-hybridized carbons (Fsp3) is 0.600. The van der Waals surface area contributed by atoms with Crippen molar-refractivity contribution in [2.24, 2.45) is 5.92 Å². The Balaban J connectivity index is 2.26. The number of rotatable bonds is 7. The summed E-state index contributed by atoms with van der Waals surface area (Å²) in [6.45, 7) is 11.2. The summed E-state index contributed by atoms with van der Waals surface area (Å²) in [7, 11) is 0. The lowest BCUT2D eigenvalue weighted by Crippen LogP contribution is -2.24. The predicted molar refractivity (Wildman–Crippen MR) is 73.3 cm³/mol. The van der Waals surface area contributed by atoms with E-state index in [0.717, 1.165) is 19.8 Å². The van der Waals surface area contributed by atoms with Crippen molar-refractivity contribution in [1.82, 2.24) is 5.32 Å². The summed E-state index contributed by atoms with van der Waals surface area (Å²) in [4.78, 5) is 0. The van der Waals surface area contributed by atoms with Crippen LogP contribution in [0.5, 0.6) is 0 Å². The van der Waals surface area contributed by atoms with E-state index in [0.29, 0.717) is 12.0 Å². The van der Waals surface area contributed by atoms with Crippen LogP contribution in [0.3, 0.4) is 0 Å². The molecule has 0 amide bonds. The van der Waals surface area contributed by atoms with E-state index in [1.807, 2.05) is 0 Å². The topological polar surface area (TPSA) is 21.3 Å². The smallest absolute Gasteiger partial charge is 0.0591 e. The molecule has 1 aromatic rings. The van der Waals surface area contributed by atoms with Crippen molar-refractivity contribution in [1.29, 1.82) is 0 Å². The van der Waals surface area contributed by atoms with E-state index < -0.39 is 0 Å². The second-order valence-corrected chi connectivity index (χ2v) is 5.00. The van der Waals surface area contributed by atoms with E-state index in [1.54, 1.807) is 0 Å². The van der Waals surface area contributed by atoms with Crippen LogP contribution < -0.4 is 5.32 Å². The van der Waals surface area contributed by atoms with Gasteiger partial charge in [0.05, 0.1) is 6.61 Å². The molecule has 0 saturated heterocycles. The molecule has 0 aromatic heterocycles. The van der Waals surface area contributed by atoms with Crippen molar-refractivity contribution in [3.8, 4) is 0 Å². The summed E-state index contributed by atoms with van der Waals surface area (Å²) in [5.74, 6) is 0.615. The quantitative estimate of drug-likeness (QED) is 0.732. The Morgan fingerprint density at radius 1 is 1.18 bits per heavy atom. The Hall–Kier alpha value is -0.860. The number of benzene rings is 1. The molecule has 0 aliphatic heterocycles. The molecular weight excluding hydrogens is 210 g/mol. The molecule has 0 fully saturated rings. The lowest BCUT2D eigenvalue weighted by atomic mass is 10.0. The van der Waals surface area contributed by atoms with Crippen molar-refractivity contribution < 1.29 is 4.74 Å². The Labute approximate surface area is 105 Å². The normalized spacial score (nSPS) is 13.0. The first-order chi connectivity index (χ1) is 8.11. The molecule has 0 unspecified atom stereocenters. The average Bonchev–Trinajstić information content (AvgIpc) is 2.28. The van der Waals surface area contributed by atoms with Crippen molar-refractivity contribution >= 4 is 0 Å². The maximum atomic E-state index is 5.55. The highest BCUT2D eigenvalue weighted by Crippen LogP contribution is 2.16. The van der Waals surface area contributed by atoms with Gasteiger partial charge in [-0.3, -0.25) is 0 Å². The van der Waals surface area contributed by atoms with Gasteiger partial charge in [-0.25, -0.2) is 0 Å². The van der Waals surface area contributed by atoms with Crippen LogP contribution in [0.2, 0.25) is 0 Å². The van der Waals surface area contributed by atoms with Gasteiger partial charge < -0.3 is 10.1 Å². The van der Waals surface area contributed by atoms with Gasteiger partial charge in [-0.05, 0) is 30.9 Å². The monoisotopic (exact) mass is 235 g/mol. The van der Waals surface area contributed by atoms with E-state index in [9.17, 15) is 0 Å². The minimum atomic E-state index is 0.388. The molecule has 0 saturated carbocycles. The van der Waals surface area contributed by atoms with Crippen LogP contribution in [0.25, 0.3) is 0 Å². The Bertz CT molecular complexity index is 322. The summed E-state index contributed by atoms with van der Waals surface area (Å²) >= 11 is 0. The fourth-order valence-electron chi connectivity index (χ4n) is 1.85. The van der Waals surface area contributed by atoms with Gasteiger partial charge in [0, 0.05) is 19.2 Å². The third-order valence-electron chi connectivity index (χ3n) is 2.80. The summed E-state index contributed by atoms with van der Waals surface area (Å²) in [6.07, 6.45) is 0. The zero-order valence-electron chi connectivity index (χ0n) is 11.5. The molecule has 1 N–H and O–H groups in total. The lowest BCUT2D eigenvalue weighted by molar-refractivity contribution is 0.110. The molecule has 0 heterocycles. The SMILES string of the molecule is Cc1ccccc1[C@H](C)NCCOCC(C)C. The zero-order valence-corrected chi connectivity index (χ0v) is 11.5. The van der Waals surface area contributed by atoms with Gasteiger partial charge in [0.25, 0.3) is 0 Å². The zero-order chi connectivity index (χ0) is 12.7. The standard InChI is InChI=1S/C15H25NO/c1-12(2)11-17-10-9-16-14(4)15-8-6-5-7-13(15)3/h5-8,12,14,16H,9-11H2,1-4H3/t14-/m0/s1. The highest BCUT2D eigenvalue weighted by molar-refractivity contribution is 5.28. The molecule has 1 rings (SSSR count). The van der Waals surface area contributed by atoms with Gasteiger partial charge in [0.1, 0.15) is 0 Å². The van der Waals surface area contributed by atoms with Crippen LogP contribution in [-0.2, 0) is 4.74 Å². The number of aryl methyl sites for hydroxylation is 1. The molecule has 96 valence electrons. The van der Waals surface area contributed by atoms with E-state index in [1.165, 1.54) is 11.1 Å². The molecule has 0 radical (unpaired) electrons. The van der Waals surface area contributed by atoms with Crippen molar-refractivity contribution in [2.75, 3.05) is 19.8 Å². The van der Waals surface area contributed by atoms with E-state index >= 15 is 0 Å². The van der Waals surface area contributed by atoms with Crippen LogP contribution in [0.1, 0.15) is 37.9 Å². The first-order valence-electron chi connectivity index (χ1n) is 6.48. The second kappa shape index (κ2) is 7.46. The highest BCUT2D eigenvalue weighted by atomic mass is 16.5. The third-order valence-corrected chi connectivity index (χ3v) is 2.80. The molecule has 0 aliphatic carbocycles. The minimum absolute atomic E-state index is 0.388. The summed E-state index contributed by atoms with van der Waals surface area (Å²) in [5.41, 5.74) is 2.71. The fourth-order valence-corrected chi connectivity index (χ4v) is 1.85. The van der Waals surface area contributed by atoms with Gasteiger partial charge >= 0.3 is 0 Å². The van der Waals surface area contributed by atoms with Crippen molar-refractivity contribution in [3.63, 3.8) is 0 Å². The highest BCUT2D eigenvalue weighted by Gasteiger charge is 2.06. The first-order valence-corrected chi connectivity index (χ1v) is 6.48.